The van der Waals surface area contributed by atoms with E-state index in [-0.39, 0.29) is 17.2 Å². The topological polar surface area (TPSA) is 29.1 Å². The van der Waals surface area contributed by atoms with Crippen LogP contribution in [0, 0.1) is 0 Å². The highest BCUT2D eigenvalue weighted by Gasteiger charge is 2.15. The van der Waals surface area contributed by atoms with E-state index < -0.39 is 0 Å². The summed E-state index contributed by atoms with van der Waals surface area (Å²) in [6.45, 7) is 6.09. The summed E-state index contributed by atoms with van der Waals surface area (Å²) in [6.07, 6.45) is 2.10. The van der Waals surface area contributed by atoms with E-state index in [1.807, 2.05) is 38.1 Å². The number of carbonyl (C=O) groups is 1. The van der Waals surface area contributed by atoms with Gasteiger partial charge in [0.05, 0.1) is 5.25 Å². The Balaban J connectivity index is 2.46. The van der Waals surface area contributed by atoms with Crippen molar-refractivity contribution in [3.8, 4) is 0 Å². The molecule has 0 spiro atoms. The molecule has 0 unspecified atom stereocenters. The van der Waals surface area contributed by atoms with Crippen LogP contribution in [0.15, 0.2) is 29.2 Å². The number of amides is 1. The van der Waals surface area contributed by atoms with Crippen LogP contribution in [0.3, 0.4) is 0 Å². The maximum absolute atomic E-state index is 11.9. The second-order valence-corrected chi connectivity index (χ2v) is 6.26. The second-order valence-electron chi connectivity index (χ2n) is 4.41. The Bertz CT molecular complexity index is 380. The van der Waals surface area contributed by atoms with Gasteiger partial charge in [0.25, 0.3) is 0 Å². The molecule has 100 valence electrons. The number of carbonyl (C=O) groups excluding carboxylic acids is 1. The molecule has 0 heterocycles. The van der Waals surface area contributed by atoms with E-state index in [1.54, 1.807) is 11.8 Å². The summed E-state index contributed by atoms with van der Waals surface area (Å²) in [6, 6.07) is 7.80. The zero-order chi connectivity index (χ0) is 13.5. The molecule has 0 aliphatic rings. The molecule has 0 aliphatic carbocycles. The summed E-state index contributed by atoms with van der Waals surface area (Å²) in [5.74, 6) is 0.0934. The molecule has 0 fully saturated rings. The predicted molar refractivity (Wildman–Crippen MR) is 79.3 cm³/mol. The van der Waals surface area contributed by atoms with Gasteiger partial charge in [-0.3, -0.25) is 4.79 Å². The predicted octanol–water partition coefficient (Wildman–Crippen LogP) is 4.13. The lowest BCUT2D eigenvalue weighted by Crippen LogP contribution is -2.37. The van der Waals surface area contributed by atoms with Crippen molar-refractivity contribution < 1.29 is 4.79 Å². The Morgan fingerprint density at radius 2 is 1.94 bits per heavy atom. The Kier molecular flexibility index (Phi) is 6.58. The molecule has 0 saturated heterocycles. The van der Waals surface area contributed by atoms with Crippen molar-refractivity contribution >= 4 is 29.3 Å². The number of rotatable bonds is 6. The molecule has 1 aromatic rings. The molecule has 1 rings (SSSR count). The van der Waals surface area contributed by atoms with Crippen molar-refractivity contribution in [3.05, 3.63) is 29.3 Å². The molecular weight excluding hydrogens is 266 g/mol. The summed E-state index contributed by atoms with van der Waals surface area (Å²) in [5.41, 5.74) is 0. The largest absolute Gasteiger partial charge is 0.353 e. The van der Waals surface area contributed by atoms with Crippen LogP contribution in [0.1, 0.15) is 33.6 Å². The van der Waals surface area contributed by atoms with Crippen LogP contribution in [0.2, 0.25) is 5.02 Å². The lowest BCUT2D eigenvalue weighted by Gasteiger charge is -2.16. The van der Waals surface area contributed by atoms with E-state index in [0.29, 0.717) is 5.02 Å². The third-order valence-corrected chi connectivity index (χ3v) is 3.97. The lowest BCUT2D eigenvalue weighted by molar-refractivity contribution is -0.120. The fraction of sp³-hybridized carbons (Fsp3) is 0.500. The first kappa shape index (κ1) is 15.4. The highest BCUT2D eigenvalue weighted by molar-refractivity contribution is 8.00. The molecule has 0 aromatic heterocycles. The minimum Gasteiger partial charge on any atom is -0.353 e. The number of benzene rings is 1. The summed E-state index contributed by atoms with van der Waals surface area (Å²) < 4.78 is 0. The smallest absolute Gasteiger partial charge is 0.233 e. The molecule has 2 atom stereocenters. The highest BCUT2D eigenvalue weighted by Crippen LogP contribution is 2.24. The van der Waals surface area contributed by atoms with Crippen LogP contribution < -0.4 is 5.32 Å². The Labute approximate surface area is 118 Å². The third kappa shape index (κ3) is 5.32. The van der Waals surface area contributed by atoms with Gasteiger partial charge in [-0.25, -0.2) is 0 Å². The number of hydrogen-bond donors (Lipinski definition) is 1. The first-order valence-electron chi connectivity index (χ1n) is 6.25. The van der Waals surface area contributed by atoms with Crippen molar-refractivity contribution in [2.45, 2.75) is 49.8 Å². The van der Waals surface area contributed by atoms with Crippen molar-refractivity contribution in [1.29, 1.82) is 0 Å². The summed E-state index contributed by atoms with van der Waals surface area (Å²) in [4.78, 5) is 13.0. The molecule has 18 heavy (non-hydrogen) atoms. The van der Waals surface area contributed by atoms with Crippen LogP contribution in [0.5, 0.6) is 0 Å². The highest BCUT2D eigenvalue weighted by atomic mass is 35.5. The van der Waals surface area contributed by atoms with E-state index in [0.717, 1.165) is 17.7 Å². The molecule has 2 nitrogen and oxygen atoms in total. The Hall–Kier alpha value is -0.670. The molecule has 1 N–H and O–H groups in total. The van der Waals surface area contributed by atoms with E-state index in [1.165, 1.54) is 0 Å². The summed E-state index contributed by atoms with van der Waals surface area (Å²) in [7, 11) is 0. The van der Waals surface area contributed by atoms with Crippen molar-refractivity contribution in [2.24, 2.45) is 0 Å². The third-order valence-electron chi connectivity index (χ3n) is 2.61. The zero-order valence-electron chi connectivity index (χ0n) is 11.1. The molecular formula is C14H20ClNOS. The molecule has 0 aliphatic heterocycles. The van der Waals surface area contributed by atoms with E-state index >= 15 is 0 Å². The standard InChI is InChI=1S/C14H20ClNOS/c1-4-5-10(2)16-14(17)11(3)18-13-8-6-12(15)7-9-13/h6-11H,4-5H2,1-3H3,(H,16,17)/t10-,11+/m1/s1. The normalized spacial score (nSPS) is 14.0. The average molecular weight is 286 g/mol. The van der Waals surface area contributed by atoms with Gasteiger partial charge in [-0.05, 0) is 44.5 Å². The quantitative estimate of drug-likeness (QED) is 0.797. The van der Waals surface area contributed by atoms with E-state index in [2.05, 4.69) is 12.2 Å². The zero-order valence-corrected chi connectivity index (χ0v) is 12.6. The van der Waals surface area contributed by atoms with Crippen molar-refractivity contribution in [1.82, 2.24) is 5.32 Å². The van der Waals surface area contributed by atoms with Gasteiger partial charge in [0, 0.05) is 16.0 Å². The van der Waals surface area contributed by atoms with Gasteiger partial charge in [0.1, 0.15) is 0 Å². The Morgan fingerprint density at radius 1 is 1.33 bits per heavy atom. The maximum Gasteiger partial charge on any atom is 0.233 e. The van der Waals surface area contributed by atoms with Gasteiger partial charge in [0.15, 0.2) is 0 Å². The molecule has 1 aromatic carbocycles. The van der Waals surface area contributed by atoms with Crippen LogP contribution in [0.25, 0.3) is 0 Å². The van der Waals surface area contributed by atoms with Gasteiger partial charge in [0.2, 0.25) is 5.91 Å². The van der Waals surface area contributed by atoms with Gasteiger partial charge in [-0.2, -0.15) is 0 Å². The first-order chi connectivity index (χ1) is 8.52. The van der Waals surface area contributed by atoms with Crippen LogP contribution in [0.4, 0.5) is 0 Å². The molecule has 0 bridgehead atoms. The lowest BCUT2D eigenvalue weighted by atomic mass is 10.2. The summed E-state index contributed by atoms with van der Waals surface area (Å²) in [5, 5.41) is 3.65. The first-order valence-corrected chi connectivity index (χ1v) is 7.51. The fourth-order valence-corrected chi connectivity index (χ4v) is 2.64. The molecule has 0 saturated carbocycles. The van der Waals surface area contributed by atoms with Crippen molar-refractivity contribution in [3.63, 3.8) is 0 Å². The second kappa shape index (κ2) is 7.70. The molecule has 0 radical (unpaired) electrons. The maximum atomic E-state index is 11.9. The average Bonchev–Trinajstić information content (AvgIpc) is 2.32. The van der Waals surface area contributed by atoms with E-state index in [9.17, 15) is 4.79 Å². The van der Waals surface area contributed by atoms with Crippen molar-refractivity contribution in [2.75, 3.05) is 0 Å². The van der Waals surface area contributed by atoms with Crippen LogP contribution >= 0.6 is 23.4 Å². The number of halogens is 1. The SMILES string of the molecule is CCC[C@@H](C)NC(=O)[C@H](C)Sc1ccc(Cl)cc1. The van der Waals surface area contributed by atoms with Gasteiger partial charge in [-0.1, -0.05) is 24.9 Å². The number of hydrogen-bond acceptors (Lipinski definition) is 2. The monoisotopic (exact) mass is 285 g/mol. The molecule has 1 amide bonds. The number of thioether (sulfide) groups is 1. The minimum absolute atomic E-state index is 0.0921. The van der Waals surface area contributed by atoms with Gasteiger partial charge < -0.3 is 5.32 Å². The van der Waals surface area contributed by atoms with Crippen LogP contribution in [-0.4, -0.2) is 17.2 Å². The fourth-order valence-electron chi connectivity index (χ4n) is 1.64. The summed E-state index contributed by atoms with van der Waals surface area (Å²) >= 11 is 7.38. The minimum atomic E-state index is -0.0921. The number of nitrogens with one attached hydrogen (secondary N) is 1. The Morgan fingerprint density at radius 3 is 2.50 bits per heavy atom. The van der Waals surface area contributed by atoms with E-state index in [4.69, 9.17) is 11.6 Å². The van der Waals surface area contributed by atoms with Gasteiger partial charge >= 0.3 is 0 Å². The van der Waals surface area contributed by atoms with Crippen LogP contribution in [-0.2, 0) is 4.79 Å². The van der Waals surface area contributed by atoms with Gasteiger partial charge in [-0.15, -0.1) is 11.8 Å². The molecule has 4 heteroatoms.